The van der Waals surface area contributed by atoms with E-state index < -0.39 is 12.1 Å². The van der Waals surface area contributed by atoms with Crippen LogP contribution in [0.4, 0.5) is 0 Å². The average molecular weight is 179 g/mol. The van der Waals surface area contributed by atoms with Crippen molar-refractivity contribution in [2.75, 3.05) is 6.61 Å². The molecule has 1 N–H and O–H groups in total. The first-order valence-electron chi connectivity index (χ1n) is 3.28. The van der Waals surface area contributed by atoms with Crippen LogP contribution in [-0.2, 0) is 9.53 Å². The van der Waals surface area contributed by atoms with Crippen molar-refractivity contribution >= 4 is 17.6 Å². The first-order chi connectivity index (χ1) is 5.16. The molecule has 0 aliphatic carbocycles. The number of esters is 1. The lowest BCUT2D eigenvalue weighted by molar-refractivity contribution is -0.138. The largest absolute Gasteiger partial charge is 0.462 e. The Morgan fingerprint density at radius 1 is 1.82 bits per heavy atom. The number of carbonyl (C=O) groups excluding carboxylic acids is 1. The van der Waals surface area contributed by atoms with Gasteiger partial charge in [-0.3, -0.25) is 0 Å². The second-order valence-electron chi connectivity index (χ2n) is 2.10. The minimum atomic E-state index is -0.486. The van der Waals surface area contributed by atoms with Gasteiger partial charge in [-0.15, -0.1) is 0 Å². The molecule has 0 aliphatic rings. The van der Waals surface area contributed by atoms with Gasteiger partial charge in [-0.1, -0.05) is 11.6 Å². The predicted molar refractivity (Wildman–Crippen MR) is 42.2 cm³/mol. The summed E-state index contributed by atoms with van der Waals surface area (Å²) in [5, 5.41) is 8.76. The minimum absolute atomic E-state index is 0.220. The van der Waals surface area contributed by atoms with Crippen molar-refractivity contribution in [3.8, 4) is 0 Å². The lowest BCUT2D eigenvalue weighted by Gasteiger charge is -2.02. The zero-order valence-corrected chi connectivity index (χ0v) is 7.04. The Hall–Kier alpha value is -0.540. The maximum atomic E-state index is 10.5. The summed E-state index contributed by atoms with van der Waals surface area (Å²) in [6.07, 6.45) is 1.12. The van der Waals surface area contributed by atoms with Crippen molar-refractivity contribution < 1.29 is 14.6 Å². The van der Waals surface area contributed by atoms with Crippen LogP contribution in [0, 0.1) is 0 Å². The highest BCUT2D eigenvalue weighted by Gasteiger charge is 1.98. The molecule has 11 heavy (non-hydrogen) atoms. The van der Waals surface area contributed by atoms with Crippen LogP contribution in [0.1, 0.15) is 13.3 Å². The number of rotatable bonds is 4. The van der Waals surface area contributed by atoms with E-state index in [9.17, 15) is 4.79 Å². The molecule has 64 valence electrons. The summed E-state index contributed by atoms with van der Waals surface area (Å²) in [4.78, 5) is 10.5. The highest BCUT2D eigenvalue weighted by atomic mass is 35.5. The Bertz CT molecular complexity index is 143. The van der Waals surface area contributed by atoms with Crippen LogP contribution in [0.2, 0.25) is 0 Å². The maximum Gasteiger partial charge on any atom is 0.331 e. The fourth-order valence-electron chi connectivity index (χ4n) is 0.430. The van der Waals surface area contributed by atoms with Crippen LogP contribution < -0.4 is 0 Å². The number of carbonyl (C=O) groups is 1. The number of hydrogen-bond donors (Lipinski definition) is 1. The molecule has 0 radical (unpaired) electrons. The van der Waals surface area contributed by atoms with Crippen LogP contribution in [0.3, 0.4) is 0 Å². The van der Waals surface area contributed by atoms with Gasteiger partial charge in [0.15, 0.2) is 0 Å². The third kappa shape index (κ3) is 7.36. The normalized spacial score (nSPS) is 13.4. The molecule has 0 saturated heterocycles. The van der Waals surface area contributed by atoms with Crippen LogP contribution in [0.25, 0.3) is 0 Å². The molecule has 3 nitrogen and oxygen atoms in total. The summed E-state index contributed by atoms with van der Waals surface area (Å²) in [7, 11) is 0. The quantitative estimate of drug-likeness (QED) is 0.517. The second kappa shape index (κ2) is 6.19. The Balaban J connectivity index is 3.32. The van der Waals surface area contributed by atoms with Gasteiger partial charge in [-0.2, -0.15) is 0 Å². The monoisotopic (exact) mass is 178 g/mol. The molecule has 0 spiro atoms. The second-order valence-corrected chi connectivity index (χ2v) is 2.35. The summed E-state index contributed by atoms with van der Waals surface area (Å²) in [5.74, 6) is -0.486. The van der Waals surface area contributed by atoms with E-state index in [1.807, 2.05) is 0 Å². The highest BCUT2D eigenvalue weighted by Crippen LogP contribution is 1.91. The standard InChI is InChI=1S/C7H11ClO3/c1-6(9)3-5-11-7(10)2-4-8/h2,4,6,9H,3,5H2,1H3. The minimum Gasteiger partial charge on any atom is -0.462 e. The molecule has 0 aliphatic heterocycles. The van der Waals surface area contributed by atoms with E-state index in [0.29, 0.717) is 6.42 Å². The molecule has 4 heteroatoms. The zero-order chi connectivity index (χ0) is 8.69. The van der Waals surface area contributed by atoms with Crippen molar-refractivity contribution in [2.24, 2.45) is 0 Å². The number of hydrogen-bond acceptors (Lipinski definition) is 3. The van der Waals surface area contributed by atoms with Crippen LogP contribution in [0.15, 0.2) is 11.6 Å². The first kappa shape index (κ1) is 10.5. The lowest BCUT2D eigenvalue weighted by Crippen LogP contribution is -2.08. The van der Waals surface area contributed by atoms with E-state index in [2.05, 4.69) is 4.74 Å². The molecule has 0 aromatic rings. The molecule has 0 rings (SSSR count). The van der Waals surface area contributed by atoms with E-state index in [4.69, 9.17) is 16.7 Å². The Kier molecular flexibility index (Phi) is 5.88. The van der Waals surface area contributed by atoms with E-state index in [-0.39, 0.29) is 6.61 Å². The molecular weight excluding hydrogens is 168 g/mol. The summed E-state index contributed by atoms with van der Waals surface area (Å²) >= 11 is 5.11. The molecule has 1 atom stereocenters. The summed E-state index contributed by atoms with van der Waals surface area (Å²) < 4.78 is 4.62. The van der Waals surface area contributed by atoms with Gasteiger partial charge in [0.05, 0.1) is 12.7 Å². The smallest absolute Gasteiger partial charge is 0.331 e. The molecule has 1 unspecified atom stereocenters. The number of aliphatic hydroxyl groups is 1. The molecule has 0 aromatic heterocycles. The van der Waals surface area contributed by atoms with Gasteiger partial charge in [-0.25, -0.2) is 4.79 Å². The molecule has 0 fully saturated rings. The molecule has 0 amide bonds. The van der Waals surface area contributed by atoms with Gasteiger partial charge in [-0.05, 0) is 6.92 Å². The van der Waals surface area contributed by atoms with Gasteiger partial charge in [0.2, 0.25) is 0 Å². The number of ether oxygens (including phenoxy) is 1. The van der Waals surface area contributed by atoms with Gasteiger partial charge in [0.25, 0.3) is 0 Å². The van der Waals surface area contributed by atoms with Crippen molar-refractivity contribution in [3.63, 3.8) is 0 Å². The van der Waals surface area contributed by atoms with Crippen LogP contribution in [-0.4, -0.2) is 23.8 Å². The molecule has 0 aromatic carbocycles. The third-order valence-electron chi connectivity index (χ3n) is 0.979. The van der Waals surface area contributed by atoms with Gasteiger partial charge in [0.1, 0.15) is 0 Å². The van der Waals surface area contributed by atoms with Gasteiger partial charge < -0.3 is 9.84 Å². The fraction of sp³-hybridized carbons (Fsp3) is 0.571. The van der Waals surface area contributed by atoms with E-state index in [1.54, 1.807) is 6.92 Å². The predicted octanol–water partition coefficient (Wildman–Crippen LogP) is 1.05. The summed E-state index contributed by atoms with van der Waals surface area (Å²) in [5.41, 5.74) is 1.09. The zero-order valence-electron chi connectivity index (χ0n) is 6.29. The Morgan fingerprint density at radius 2 is 2.45 bits per heavy atom. The summed E-state index contributed by atoms with van der Waals surface area (Å²) in [6.45, 7) is 1.85. The Morgan fingerprint density at radius 3 is 2.91 bits per heavy atom. The van der Waals surface area contributed by atoms with E-state index in [1.165, 1.54) is 0 Å². The van der Waals surface area contributed by atoms with Crippen molar-refractivity contribution in [2.45, 2.75) is 19.4 Å². The molecule has 0 bridgehead atoms. The molecule has 0 saturated carbocycles. The van der Waals surface area contributed by atoms with Gasteiger partial charge >= 0.3 is 5.97 Å². The van der Waals surface area contributed by atoms with E-state index in [0.717, 1.165) is 11.6 Å². The van der Waals surface area contributed by atoms with Crippen molar-refractivity contribution in [3.05, 3.63) is 11.6 Å². The van der Waals surface area contributed by atoms with Crippen LogP contribution in [0.5, 0.6) is 0 Å². The Labute approximate surface area is 70.6 Å². The van der Waals surface area contributed by atoms with Crippen LogP contribution >= 0.6 is 11.6 Å². The third-order valence-corrected chi connectivity index (χ3v) is 1.11. The van der Waals surface area contributed by atoms with Gasteiger partial charge in [0, 0.05) is 18.0 Å². The van der Waals surface area contributed by atoms with Crippen molar-refractivity contribution in [1.82, 2.24) is 0 Å². The van der Waals surface area contributed by atoms with E-state index >= 15 is 0 Å². The fourth-order valence-corrected chi connectivity index (χ4v) is 0.532. The highest BCUT2D eigenvalue weighted by molar-refractivity contribution is 6.26. The maximum absolute atomic E-state index is 10.5. The lowest BCUT2D eigenvalue weighted by atomic mass is 10.3. The SMILES string of the molecule is CC(O)CCOC(=O)C=CCl. The number of halogens is 1. The molecular formula is C7H11ClO3. The number of aliphatic hydroxyl groups excluding tert-OH is 1. The molecule has 0 heterocycles. The van der Waals surface area contributed by atoms with Crippen molar-refractivity contribution in [1.29, 1.82) is 0 Å². The summed E-state index contributed by atoms with van der Waals surface area (Å²) in [6, 6.07) is 0. The average Bonchev–Trinajstić information content (AvgIpc) is 1.87. The first-order valence-corrected chi connectivity index (χ1v) is 3.72. The topological polar surface area (TPSA) is 46.5 Å².